The second-order valence-electron chi connectivity index (χ2n) is 8.74. The molecule has 1 fully saturated rings. The molecule has 1 saturated carbocycles. The first-order valence-electron chi connectivity index (χ1n) is 9.35. The molecular formula is C20H23FN4O2S. The summed E-state index contributed by atoms with van der Waals surface area (Å²) in [5.41, 5.74) is 0.880. The Bertz CT molecular complexity index is 1060. The molecule has 2 aliphatic rings. The summed E-state index contributed by atoms with van der Waals surface area (Å²) in [5, 5.41) is 13.7. The molecule has 0 N–H and O–H groups in total. The lowest BCUT2D eigenvalue weighted by Crippen LogP contribution is -2.40. The van der Waals surface area contributed by atoms with E-state index in [0.29, 0.717) is 31.5 Å². The number of fused-ring (bicyclic) bond motifs is 1. The molecule has 1 aliphatic carbocycles. The molecule has 4 rings (SSSR count). The van der Waals surface area contributed by atoms with Crippen molar-refractivity contribution in [3.63, 3.8) is 0 Å². The molecule has 0 amide bonds. The van der Waals surface area contributed by atoms with Crippen molar-refractivity contribution in [2.24, 2.45) is 10.8 Å². The van der Waals surface area contributed by atoms with Gasteiger partial charge in [0.15, 0.2) is 0 Å². The summed E-state index contributed by atoms with van der Waals surface area (Å²) in [7, 11) is -3.59. The second kappa shape index (κ2) is 6.39. The van der Waals surface area contributed by atoms with Crippen LogP contribution in [-0.2, 0) is 23.0 Å². The molecule has 148 valence electrons. The zero-order valence-corrected chi connectivity index (χ0v) is 16.8. The first kappa shape index (κ1) is 19.1. The summed E-state index contributed by atoms with van der Waals surface area (Å²) >= 11 is 0. The Hall–Kier alpha value is -2.24. The lowest BCUT2D eigenvalue weighted by atomic mass is 9.88. The number of nitrogens with zero attached hydrogens (tertiary/aromatic N) is 4. The SMILES string of the molecule is CC1(C)Cc2c(cnn2-c2ccccc2F)CN(S(=O)(=O)CC2(C#N)CC2)C1. The first-order valence-corrected chi connectivity index (χ1v) is 11.0. The number of benzene rings is 1. The normalized spacial score (nSPS) is 20.8. The van der Waals surface area contributed by atoms with E-state index in [1.54, 1.807) is 29.1 Å². The van der Waals surface area contributed by atoms with Crippen LogP contribution in [0.4, 0.5) is 4.39 Å². The van der Waals surface area contributed by atoms with E-state index in [4.69, 9.17) is 0 Å². The van der Waals surface area contributed by atoms with Gasteiger partial charge in [-0.3, -0.25) is 0 Å². The van der Waals surface area contributed by atoms with Crippen molar-refractivity contribution in [1.29, 1.82) is 5.26 Å². The Morgan fingerprint density at radius 2 is 2.00 bits per heavy atom. The maximum absolute atomic E-state index is 14.3. The fraction of sp³-hybridized carbons (Fsp3) is 0.500. The van der Waals surface area contributed by atoms with Crippen LogP contribution in [0.25, 0.3) is 5.69 Å². The van der Waals surface area contributed by atoms with Crippen LogP contribution in [-0.4, -0.2) is 34.8 Å². The number of aromatic nitrogens is 2. The van der Waals surface area contributed by atoms with E-state index >= 15 is 0 Å². The number of halogens is 1. The fourth-order valence-electron chi connectivity index (χ4n) is 3.87. The third-order valence-corrected chi connectivity index (χ3v) is 7.54. The molecule has 6 nitrogen and oxygen atoms in total. The quantitative estimate of drug-likeness (QED) is 0.787. The third kappa shape index (κ3) is 3.45. The predicted octanol–water partition coefficient (Wildman–Crippen LogP) is 3.03. The Balaban J connectivity index is 1.72. The molecule has 2 aromatic rings. The zero-order valence-electron chi connectivity index (χ0n) is 16.0. The Labute approximate surface area is 164 Å². The van der Waals surface area contributed by atoms with Crippen LogP contribution in [0.1, 0.15) is 37.9 Å². The van der Waals surface area contributed by atoms with Crippen LogP contribution < -0.4 is 0 Å². The van der Waals surface area contributed by atoms with Gasteiger partial charge in [-0.15, -0.1) is 0 Å². The lowest BCUT2D eigenvalue weighted by molar-refractivity contribution is 0.263. The maximum atomic E-state index is 14.3. The van der Waals surface area contributed by atoms with E-state index in [2.05, 4.69) is 11.2 Å². The second-order valence-corrected chi connectivity index (χ2v) is 10.7. The molecule has 0 saturated heterocycles. The minimum atomic E-state index is -3.59. The van der Waals surface area contributed by atoms with Crippen LogP contribution in [0.2, 0.25) is 0 Å². The van der Waals surface area contributed by atoms with E-state index in [1.165, 1.54) is 10.4 Å². The Morgan fingerprint density at radius 3 is 2.64 bits per heavy atom. The molecule has 0 atom stereocenters. The van der Waals surface area contributed by atoms with Crippen LogP contribution in [0, 0.1) is 28.0 Å². The molecule has 1 aromatic carbocycles. The topological polar surface area (TPSA) is 79.0 Å². The number of hydrogen-bond acceptors (Lipinski definition) is 4. The number of nitriles is 1. The van der Waals surface area contributed by atoms with Crippen molar-refractivity contribution >= 4 is 10.0 Å². The predicted molar refractivity (Wildman–Crippen MR) is 102 cm³/mol. The highest BCUT2D eigenvalue weighted by atomic mass is 32.2. The third-order valence-electron chi connectivity index (χ3n) is 5.58. The van der Waals surface area contributed by atoms with Crippen molar-refractivity contribution in [3.05, 3.63) is 47.5 Å². The van der Waals surface area contributed by atoms with E-state index in [1.807, 2.05) is 13.8 Å². The summed E-state index contributed by atoms with van der Waals surface area (Å²) < 4.78 is 43.5. The van der Waals surface area contributed by atoms with Crippen LogP contribution in [0.5, 0.6) is 0 Å². The average molecular weight is 402 g/mol. The molecule has 1 aromatic heterocycles. The fourth-order valence-corrected chi connectivity index (χ4v) is 5.98. The van der Waals surface area contributed by atoms with Gasteiger partial charge >= 0.3 is 0 Å². The minimum Gasteiger partial charge on any atom is -0.234 e. The highest BCUT2D eigenvalue weighted by molar-refractivity contribution is 7.89. The standard InChI is InChI=1S/C20H23FN4O2S/c1-19(2)9-18-15(10-23-25(18)17-6-4-3-5-16(17)21)11-24(13-19)28(26,27)14-20(12-22)7-8-20/h3-6,10H,7-9,11,13-14H2,1-2H3. The van der Waals surface area contributed by atoms with Crippen molar-refractivity contribution in [3.8, 4) is 11.8 Å². The van der Waals surface area contributed by atoms with Crippen LogP contribution in [0.15, 0.2) is 30.5 Å². The van der Waals surface area contributed by atoms with Gasteiger partial charge in [-0.25, -0.2) is 17.5 Å². The van der Waals surface area contributed by atoms with Gasteiger partial charge in [-0.2, -0.15) is 14.7 Å². The summed E-state index contributed by atoms with van der Waals surface area (Å²) in [4.78, 5) is 0. The number of para-hydroxylation sites is 1. The highest BCUT2D eigenvalue weighted by Gasteiger charge is 2.49. The molecule has 28 heavy (non-hydrogen) atoms. The number of rotatable bonds is 4. The van der Waals surface area contributed by atoms with Gasteiger partial charge in [0.05, 0.1) is 23.4 Å². The van der Waals surface area contributed by atoms with Crippen molar-refractivity contribution in [1.82, 2.24) is 14.1 Å². The molecular weight excluding hydrogens is 379 g/mol. The summed E-state index contributed by atoms with van der Waals surface area (Å²) in [6.07, 6.45) is 3.47. The van der Waals surface area contributed by atoms with Gasteiger partial charge in [0, 0.05) is 24.3 Å². The van der Waals surface area contributed by atoms with Gasteiger partial charge in [-0.05, 0) is 36.8 Å². The minimum absolute atomic E-state index is 0.136. The van der Waals surface area contributed by atoms with E-state index in [-0.39, 0.29) is 23.5 Å². The van der Waals surface area contributed by atoms with Gasteiger partial charge in [-0.1, -0.05) is 26.0 Å². The van der Waals surface area contributed by atoms with Crippen molar-refractivity contribution in [2.75, 3.05) is 12.3 Å². The molecule has 8 heteroatoms. The monoisotopic (exact) mass is 402 g/mol. The van der Waals surface area contributed by atoms with E-state index in [9.17, 15) is 18.1 Å². The molecule has 0 spiro atoms. The molecule has 0 unspecified atom stereocenters. The van der Waals surface area contributed by atoms with Crippen molar-refractivity contribution < 1.29 is 12.8 Å². The molecule has 1 aliphatic heterocycles. The largest absolute Gasteiger partial charge is 0.234 e. The smallest absolute Gasteiger partial charge is 0.216 e. The maximum Gasteiger partial charge on any atom is 0.216 e. The first-order chi connectivity index (χ1) is 13.1. The number of sulfonamides is 1. The molecule has 0 bridgehead atoms. The Kier molecular flexibility index (Phi) is 4.36. The average Bonchev–Trinajstić information content (AvgIpc) is 3.32. The van der Waals surface area contributed by atoms with E-state index in [0.717, 1.165) is 11.3 Å². The highest BCUT2D eigenvalue weighted by Crippen LogP contribution is 2.47. The molecule has 2 heterocycles. The van der Waals surface area contributed by atoms with Crippen molar-refractivity contribution in [2.45, 2.75) is 39.7 Å². The lowest BCUT2D eigenvalue weighted by Gasteiger charge is -2.29. The summed E-state index contributed by atoms with van der Waals surface area (Å²) in [5.74, 6) is -0.506. The van der Waals surface area contributed by atoms with Gasteiger partial charge in [0.25, 0.3) is 0 Å². The van der Waals surface area contributed by atoms with E-state index < -0.39 is 15.4 Å². The van der Waals surface area contributed by atoms with Gasteiger partial charge in [0.2, 0.25) is 10.0 Å². The summed E-state index contributed by atoms with van der Waals surface area (Å²) in [6.45, 7) is 4.54. The molecule has 0 radical (unpaired) electrons. The van der Waals surface area contributed by atoms with Crippen LogP contribution >= 0.6 is 0 Å². The zero-order chi connectivity index (χ0) is 20.2. The van der Waals surface area contributed by atoms with Crippen LogP contribution in [0.3, 0.4) is 0 Å². The van der Waals surface area contributed by atoms with Gasteiger partial charge < -0.3 is 0 Å². The Morgan fingerprint density at radius 1 is 1.29 bits per heavy atom. The van der Waals surface area contributed by atoms with Gasteiger partial charge in [0.1, 0.15) is 11.5 Å². The number of hydrogen-bond donors (Lipinski definition) is 0. The summed E-state index contributed by atoms with van der Waals surface area (Å²) in [6, 6.07) is 8.60.